The number of rotatable bonds is 4. The Morgan fingerprint density at radius 3 is 2.42 bits per heavy atom. The molecule has 0 bridgehead atoms. The number of thiazole rings is 1. The molecule has 122 valence electrons. The Kier molecular flexibility index (Phi) is 4.52. The zero-order valence-corrected chi connectivity index (χ0v) is 13.9. The first-order valence-electron chi connectivity index (χ1n) is 7.20. The predicted octanol–water partition coefficient (Wildman–Crippen LogP) is 3.40. The van der Waals surface area contributed by atoms with Crippen molar-refractivity contribution in [2.45, 2.75) is 13.0 Å². The van der Waals surface area contributed by atoms with Gasteiger partial charge in [0, 0.05) is 0 Å². The topological polar surface area (TPSA) is 78.4 Å². The van der Waals surface area contributed by atoms with Crippen molar-refractivity contribution in [1.82, 2.24) is 9.97 Å². The molecule has 0 aliphatic rings. The van der Waals surface area contributed by atoms with E-state index in [1.807, 2.05) is 24.3 Å². The largest absolute Gasteiger partial charge is 0.464 e. The van der Waals surface area contributed by atoms with E-state index in [0.717, 1.165) is 10.2 Å². The third-order valence-corrected chi connectivity index (χ3v) is 4.49. The van der Waals surface area contributed by atoms with Gasteiger partial charge in [0.15, 0.2) is 6.10 Å². The number of methoxy groups -OCH3 is 1. The Morgan fingerprint density at radius 1 is 1.00 bits per heavy atom. The molecule has 2 heterocycles. The summed E-state index contributed by atoms with van der Waals surface area (Å²) in [5.74, 6) is -1.23. The smallest absolute Gasteiger partial charge is 0.357 e. The van der Waals surface area contributed by atoms with Gasteiger partial charge in [-0.15, -0.1) is 11.3 Å². The third-order valence-electron chi connectivity index (χ3n) is 3.29. The fourth-order valence-electron chi connectivity index (χ4n) is 2.10. The zero-order valence-electron chi connectivity index (χ0n) is 13.1. The van der Waals surface area contributed by atoms with Crippen LogP contribution in [0.3, 0.4) is 0 Å². The van der Waals surface area contributed by atoms with Crippen molar-refractivity contribution < 1.29 is 19.1 Å². The van der Waals surface area contributed by atoms with Crippen LogP contribution in [-0.4, -0.2) is 29.0 Å². The van der Waals surface area contributed by atoms with Crippen molar-refractivity contribution in [2.75, 3.05) is 7.11 Å². The number of benzene rings is 1. The molecular weight excluding hydrogens is 328 g/mol. The van der Waals surface area contributed by atoms with Gasteiger partial charge in [-0.2, -0.15) is 0 Å². The average molecular weight is 342 g/mol. The van der Waals surface area contributed by atoms with Crippen LogP contribution in [0.4, 0.5) is 0 Å². The lowest BCUT2D eigenvalue weighted by molar-refractivity contribution is 0.0330. The van der Waals surface area contributed by atoms with Crippen LogP contribution in [0.2, 0.25) is 0 Å². The fourth-order valence-corrected chi connectivity index (χ4v) is 3.05. The van der Waals surface area contributed by atoms with Gasteiger partial charge < -0.3 is 9.47 Å². The maximum atomic E-state index is 12.2. The van der Waals surface area contributed by atoms with E-state index in [-0.39, 0.29) is 11.4 Å². The number of fused-ring (bicyclic) bond motifs is 1. The zero-order chi connectivity index (χ0) is 17.1. The molecule has 0 fully saturated rings. The van der Waals surface area contributed by atoms with E-state index in [0.29, 0.717) is 5.01 Å². The Bertz CT molecular complexity index is 873. The minimum atomic E-state index is -0.618. The third kappa shape index (κ3) is 3.26. The van der Waals surface area contributed by atoms with E-state index >= 15 is 0 Å². The first kappa shape index (κ1) is 16.1. The summed E-state index contributed by atoms with van der Waals surface area (Å²) in [4.78, 5) is 32.2. The van der Waals surface area contributed by atoms with Crippen LogP contribution in [-0.2, 0) is 9.47 Å². The van der Waals surface area contributed by atoms with E-state index in [4.69, 9.17) is 4.74 Å². The van der Waals surface area contributed by atoms with Gasteiger partial charge in [-0.3, -0.25) is 0 Å². The lowest BCUT2D eigenvalue weighted by Gasteiger charge is -2.10. The molecule has 0 saturated heterocycles. The minimum absolute atomic E-state index is 0.0471. The molecule has 0 saturated carbocycles. The van der Waals surface area contributed by atoms with Crippen molar-refractivity contribution in [3.63, 3.8) is 0 Å². The van der Waals surface area contributed by atoms with E-state index in [1.165, 1.54) is 30.6 Å². The molecule has 0 aliphatic heterocycles. The number of esters is 2. The molecule has 3 rings (SSSR count). The maximum absolute atomic E-state index is 12.2. The molecular formula is C17H14N2O4S. The molecule has 1 atom stereocenters. The van der Waals surface area contributed by atoms with Gasteiger partial charge in [0.1, 0.15) is 16.4 Å². The van der Waals surface area contributed by atoms with Gasteiger partial charge in [-0.05, 0) is 31.2 Å². The van der Waals surface area contributed by atoms with Crippen LogP contribution in [0.5, 0.6) is 0 Å². The van der Waals surface area contributed by atoms with Gasteiger partial charge in [0.25, 0.3) is 0 Å². The molecule has 7 heteroatoms. The second-order valence-electron chi connectivity index (χ2n) is 4.97. The number of aromatic nitrogens is 2. The number of hydrogen-bond donors (Lipinski definition) is 0. The quantitative estimate of drug-likeness (QED) is 0.676. The Hall–Kier alpha value is -2.80. The molecule has 0 radical (unpaired) electrons. The number of ether oxygens (including phenoxy) is 2. The first-order valence-corrected chi connectivity index (χ1v) is 8.02. The summed E-state index contributed by atoms with van der Waals surface area (Å²) in [6.07, 6.45) is -0.515. The summed E-state index contributed by atoms with van der Waals surface area (Å²) >= 11 is 1.47. The Balaban J connectivity index is 1.77. The first-order chi connectivity index (χ1) is 11.6. The Labute approximate surface area is 142 Å². The van der Waals surface area contributed by atoms with E-state index in [2.05, 4.69) is 14.7 Å². The molecule has 2 aromatic heterocycles. The number of carbonyl (C=O) groups is 2. The monoisotopic (exact) mass is 342 g/mol. The average Bonchev–Trinajstić information content (AvgIpc) is 3.05. The van der Waals surface area contributed by atoms with Crippen molar-refractivity contribution in [3.8, 4) is 0 Å². The summed E-state index contributed by atoms with van der Waals surface area (Å²) in [6.45, 7) is 1.75. The van der Waals surface area contributed by atoms with Crippen LogP contribution in [0, 0.1) is 0 Å². The molecule has 24 heavy (non-hydrogen) atoms. The van der Waals surface area contributed by atoms with Crippen LogP contribution >= 0.6 is 11.3 Å². The fraction of sp³-hybridized carbons (Fsp3) is 0.176. The molecule has 0 spiro atoms. The van der Waals surface area contributed by atoms with Crippen LogP contribution in [0.25, 0.3) is 10.2 Å². The SMILES string of the molecule is COC(=O)c1cccc(C(=O)O[C@@H](C)c2nc3ccccc3s2)n1. The van der Waals surface area contributed by atoms with Gasteiger partial charge >= 0.3 is 11.9 Å². The van der Waals surface area contributed by atoms with Crippen molar-refractivity contribution >= 4 is 33.5 Å². The van der Waals surface area contributed by atoms with Crippen LogP contribution in [0.1, 0.15) is 39.0 Å². The van der Waals surface area contributed by atoms with Crippen LogP contribution in [0.15, 0.2) is 42.5 Å². The van der Waals surface area contributed by atoms with Gasteiger partial charge in [0.05, 0.1) is 17.3 Å². The molecule has 1 aromatic carbocycles. The number of hydrogen-bond acceptors (Lipinski definition) is 7. The summed E-state index contributed by atoms with van der Waals surface area (Å²) in [7, 11) is 1.25. The lowest BCUT2D eigenvalue weighted by atomic mass is 10.3. The summed E-state index contributed by atoms with van der Waals surface area (Å²) in [5, 5.41) is 0.702. The normalized spacial score (nSPS) is 11.9. The number of pyridine rings is 1. The standard InChI is InChI=1S/C17H14N2O4S/c1-10(15-19-11-6-3-4-9-14(11)24-15)23-17(21)13-8-5-7-12(18-13)16(20)22-2/h3-10H,1-2H3/t10-/m0/s1. The molecule has 6 nitrogen and oxygen atoms in total. The molecule has 0 aliphatic carbocycles. The van der Waals surface area contributed by atoms with Crippen LogP contribution < -0.4 is 0 Å². The van der Waals surface area contributed by atoms with Crippen molar-refractivity contribution in [2.24, 2.45) is 0 Å². The van der Waals surface area contributed by atoms with Gasteiger partial charge in [-0.25, -0.2) is 19.6 Å². The van der Waals surface area contributed by atoms with Gasteiger partial charge in [-0.1, -0.05) is 18.2 Å². The van der Waals surface area contributed by atoms with Gasteiger partial charge in [0.2, 0.25) is 0 Å². The number of carbonyl (C=O) groups excluding carboxylic acids is 2. The summed E-state index contributed by atoms with van der Waals surface area (Å²) in [6, 6.07) is 12.2. The number of para-hydroxylation sites is 1. The minimum Gasteiger partial charge on any atom is -0.464 e. The highest BCUT2D eigenvalue weighted by Gasteiger charge is 2.19. The highest BCUT2D eigenvalue weighted by molar-refractivity contribution is 7.18. The van der Waals surface area contributed by atoms with E-state index < -0.39 is 18.0 Å². The lowest BCUT2D eigenvalue weighted by Crippen LogP contribution is -2.13. The predicted molar refractivity (Wildman–Crippen MR) is 89.0 cm³/mol. The van der Waals surface area contributed by atoms with Crippen molar-refractivity contribution in [3.05, 3.63) is 58.9 Å². The number of nitrogens with zero attached hydrogens (tertiary/aromatic N) is 2. The van der Waals surface area contributed by atoms with E-state index in [1.54, 1.807) is 13.0 Å². The molecule has 0 amide bonds. The molecule has 3 aromatic rings. The highest BCUT2D eigenvalue weighted by atomic mass is 32.1. The van der Waals surface area contributed by atoms with Crippen molar-refractivity contribution in [1.29, 1.82) is 0 Å². The maximum Gasteiger partial charge on any atom is 0.357 e. The molecule has 0 N–H and O–H groups in total. The summed E-state index contributed by atoms with van der Waals surface area (Å²) in [5.41, 5.74) is 0.969. The second-order valence-corrected chi connectivity index (χ2v) is 6.03. The highest BCUT2D eigenvalue weighted by Crippen LogP contribution is 2.28. The summed E-state index contributed by atoms with van der Waals surface area (Å²) < 4.78 is 11.0. The second kappa shape index (κ2) is 6.76. The molecule has 0 unspecified atom stereocenters. The van der Waals surface area contributed by atoms with E-state index in [9.17, 15) is 9.59 Å². The Morgan fingerprint density at radius 2 is 1.71 bits per heavy atom.